The Morgan fingerprint density at radius 1 is 1.29 bits per heavy atom. The second kappa shape index (κ2) is 4.02. The minimum Gasteiger partial charge on any atom is -0.454 e. The number of rotatable bonds is 1. The highest BCUT2D eigenvalue weighted by atomic mass is 16.5. The zero-order valence-corrected chi connectivity index (χ0v) is 9.98. The van der Waals surface area contributed by atoms with E-state index in [1.54, 1.807) is 0 Å². The Hall–Kier alpha value is -1.57. The standard InChI is InChI=1S/C15H16O2/c1-10-9-14(17-15(10)16)13-8-4-6-11-5-2-3-7-12(11)13/h2-3,5,7,9,13-14H,4,6,8H2,1H3/t13-,14-/m1/s1. The Bertz CT molecular complexity index is 487. The summed E-state index contributed by atoms with van der Waals surface area (Å²) in [6.07, 6.45) is 5.37. The minimum absolute atomic E-state index is 0.0519. The Labute approximate surface area is 101 Å². The lowest BCUT2D eigenvalue weighted by atomic mass is 9.80. The maximum Gasteiger partial charge on any atom is 0.334 e. The van der Waals surface area contributed by atoms with E-state index in [9.17, 15) is 4.79 Å². The van der Waals surface area contributed by atoms with E-state index in [4.69, 9.17) is 4.74 Å². The van der Waals surface area contributed by atoms with Crippen LogP contribution >= 0.6 is 0 Å². The summed E-state index contributed by atoms with van der Waals surface area (Å²) in [6, 6.07) is 8.52. The Kier molecular flexibility index (Phi) is 2.50. The van der Waals surface area contributed by atoms with Crippen LogP contribution in [0.15, 0.2) is 35.9 Å². The largest absolute Gasteiger partial charge is 0.454 e. The summed E-state index contributed by atoms with van der Waals surface area (Å²) >= 11 is 0. The van der Waals surface area contributed by atoms with Gasteiger partial charge in [-0.3, -0.25) is 0 Å². The predicted octanol–water partition coefficient (Wildman–Crippen LogP) is 2.98. The maximum atomic E-state index is 11.4. The number of hydrogen-bond acceptors (Lipinski definition) is 2. The van der Waals surface area contributed by atoms with Gasteiger partial charge >= 0.3 is 5.97 Å². The number of benzene rings is 1. The van der Waals surface area contributed by atoms with Gasteiger partial charge in [0.05, 0.1) is 0 Å². The highest BCUT2D eigenvalue weighted by Crippen LogP contribution is 2.37. The molecule has 2 aliphatic rings. The van der Waals surface area contributed by atoms with Gasteiger partial charge < -0.3 is 4.74 Å². The summed E-state index contributed by atoms with van der Waals surface area (Å²) in [5.41, 5.74) is 3.53. The molecule has 17 heavy (non-hydrogen) atoms. The first-order valence-electron chi connectivity index (χ1n) is 6.23. The summed E-state index contributed by atoms with van der Waals surface area (Å²) in [5, 5.41) is 0. The van der Waals surface area contributed by atoms with E-state index in [1.165, 1.54) is 17.5 Å². The number of carbonyl (C=O) groups is 1. The van der Waals surface area contributed by atoms with E-state index in [2.05, 4.69) is 24.3 Å². The van der Waals surface area contributed by atoms with E-state index >= 15 is 0 Å². The number of esters is 1. The third-order valence-electron chi connectivity index (χ3n) is 3.79. The van der Waals surface area contributed by atoms with E-state index in [0.29, 0.717) is 5.92 Å². The summed E-state index contributed by atoms with van der Waals surface area (Å²) in [6.45, 7) is 1.83. The molecule has 0 saturated carbocycles. The van der Waals surface area contributed by atoms with Crippen molar-refractivity contribution >= 4 is 5.97 Å². The van der Waals surface area contributed by atoms with Crippen molar-refractivity contribution in [1.29, 1.82) is 0 Å². The van der Waals surface area contributed by atoms with Crippen molar-refractivity contribution < 1.29 is 9.53 Å². The van der Waals surface area contributed by atoms with Gasteiger partial charge in [0.2, 0.25) is 0 Å². The van der Waals surface area contributed by atoms with Gasteiger partial charge in [0.1, 0.15) is 6.10 Å². The van der Waals surface area contributed by atoms with Crippen LogP contribution in [0.2, 0.25) is 0 Å². The van der Waals surface area contributed by atoms with Gasteiger partial charge in [-0.25, -0.2) is 4.79 Å². The van der Waals surface area contributed by atoms with Gasteiger partial charge in [-0.2, -0.15) is 0 Å². The molecule has 3 rings (SSSR count). The van der Waals surface area contributed by atoms with Crippen LogP contribution < -0.4 is 0 Å². The lowest BCUT2D eigenvalue weighted by Crippen LogP contribution is -2.22. The Morgan fingerprint density at radius 3 is 2.88 bits per heavy atom. The van der Waals surface area contributed by atoms with Crippen LogP contribution in [0.4, 0.5) is 0 Å². The van der Waals surface area contributed by atoms with Crippen molar-refractivity contribution in [3.05, 3.63) is 47.0 Å². The van der Waals surface area contributed by atoms with Gasteiger partial charge in [-0.15, -0.1) is 0 Å². The first kappa shape index (κ1) is 10.6. The van der Waals surface area contributed by atoms with Crippen molar-refractivity contribution in [3.8, 4) is 0 Å². The molecule has 0 saturated heterocycles. The molecular formula is C15H16O2. The fourth-order valence-electron chi connectivity index (χ4n) is 2.90. The molecule has 2 heteroatoms. The molecule has 0 unspecified atom stereocenters. The first-order chi connectivity index (χ1) is 8.25. The molecule has 1 aromatic rings. The molecule has 1 aliphatic heterocycles. The number of fused-ring (bicyclic) bond motifs is 1. The van der Waals surface area contributed by atoms with Crippen molar-refractivity contribution in [2.75, 3.05) is 0 Å². The van der Waals surface area contributed by atoms with E-state index in [-0.39, 0.29) is 12.1 Å². The van der Waals surface area contributed by atoms with Gasteiger partial charge in [-0.05, 0) is 43.4 Å². The molecule has 0 spiro atoms. The number of hydrogen-bond donors (Lipinski definition) is 0. The molecule has 2 atom stereocenters. The smallest absolute Gasteiger partial charge is 0.334 e. The van der Waals surface area contributed by atoms with Crippen molar-refractivity contribution in [2.45, 2.75) is 38.2 Å². The van der Waals surface area contributed by atoms with Gasteiger partial charge in [0.25, 0.3) is 0 Å². The zero-order valence-electron chi connectivity index (χ0n) is 9.98. The van der Waals surface area contributed by atoms with Gasteiger partial charge in [0.15, 0.2) is 0 Å². The van der Waals surface area contributed by atoms with Crippen LogP contribution in [0.1, 0.15) is 36.8 Å². The molecule has 88 valence electrons. The molecular weight excluding hydrogens is 212 g/mol. The van der Waals surface area contributed by atoms with Crippen LogP contribution in [0, 0.1) is 0 Å². The highest BCUT2D eigenvalue weighted by Gasteiger charge is 2.33. The summed E-state index contributed by atoms with van der Waals surface area (Å²) in [4.78, 5) is 11.4. The van der Waals surface area contributed by atoms with Crippen molar-refractivity contribution in [3.63, 3.8) is 0 Å². The quantitative estimate of drug-likeness (QED) is 0.691. The third-order valence-corrected chi connectivity index (χ3v) is 3.79. The molecule has 1 aromatic carbocycles. The third kappa shape index (κ3) is 1.78. The second-order valence-electron chi connectivity index (χ2n) is 4.92. The van der Waals surface area contributed by atoms with Gasteiger partial charge in [-0.1, -0.05) is 24.3 Å². The normalized spacial score (nSPS) is 27.4. The van der Waals surface area contributed by atoms with Crippen LogP contribution in [0.25, 0.3) is 0 Å². The molecule has 2 nitrogen and oxygen atoms in total. The molecule has 0 amide bonds. The lowest BCUT2D eigenvalue weighted by molar-refractivity contribution is -0.140. The predicted molar refractivity (Wildman–Crippen MR) is 65.8 cm³/mol. The Balaban J connectivity index is 1.94. The zero-order chi connectivity index (χ0) is 11.8. The summed E-state index contributed by atoms with van der Waals surface area (Å²) in [5.74, 6) is 0.194. The SMILES string of the molecule is CC1=C[C@H]([C@@H]2CCCc3ccccc32)OC1=O. The molecule has 1 aliphatic carbocycles. The van der Waals surface area contributed by atoms with Crippen molar-refractivity contribution in [2.24, 2.45) is 0 Å². The first-order valence-corrected chi connectivity index (χ1v) is 6.23. The Morgan fingerprint density at radius 2 is 2.12 bits per heavy atom. The summed E-state index contributed by atoms with van der Waals surface area (Å²) < 4.78 is 5.44. The molecule has 0 aromatic heterocycles. The van der Waals surface area contributed by atoms with E-state index in [1.807, 2.05) is 13.0 Å². The fourth-order valence-corrected chi connectivity index (χ4v) is 2.90. The van der Waals surface area contributed by atoms with Crippen LogP contribution in [0.5, 0.6) is 0 Å². The summed E-state index contributed by atoms with van der Waals surface area (Å²) in [7, 11) is 0. The van der Waals surface area contributed by atoms with Crippen LogP contribution in [-0.4, -0.2) is 12.1 Å². The van der Waals surface area contributed by atoms with Crippen molar-refractivity contribution in [1.82, 2.24) is 0 Å². The molecule has 0 N–H and O–H groups in total. The average Bonchev–Trinajstić information content (AvgIpc) is 2.69. The second-order valence-corrected chi connectivity index (χ2v) is 4.92. The average molecular weight is 228 g/mol. The number of cyclic esters (lactones) is 1. The van der Waals surface area contributed by atoms with E-state index < -0.39 is 0 Å². The minimum atomic E-state index is -0.155. The number of carbonyl (C=O) groups excluding carboxylic acids is 1. The monoisotopic (exact) mass is 228 g/mol. The fraction of sp³-hybridized carbons (Fsp3) is 0.400. The molecule has 0 fully saturated rings. The molecule has 1 heterocycles. The van der Waals surface area contributed by atoms with Crippen LogP contribution in [0.3, 0.4) is 0 Å². The van der Waals surface area contributed by atoms with Gasteiger partial charge in [0, 0.05) is 11.5 Å². The highest BCUT2D eigenvalue weighted by molar-refractivity contribution is 5.90. The lowest BCUT2D eigenvalue weighted by Gasteiger charge is -2.28. The van der Waals surface area contributed by atoms with E-state index in [0.717, 1.165) is 18.4 Å². The number of aryl methyl sites for hydroxylation is 1. The molecule has 0 radical (unpaired) electrons. The molecule has 0 bridgehead atoms. The van der Waals surface area contributed by atoms with Crippen LogP contribution in [-0.2, 0) is 16.0 Å². The number of ether oxygens (including phenoxy) is 1. The topological polar surface area (TPSA) is 26.3 Å². The maximum absolute atomic E-state index is 11.4.